The summed E-state index contributed by atoms with van der Waals surface area (Å²) in [5.74, 6) is -1.04. The molecule has 0 aliphatic rings. The van der Waals surface area contributed by atoms with Crippen LogP contribution < -0.4 is 9.73 Å². The van der Waals surface area contributed by atoms with Crippen molar-refractivity contribution < 1.29 is 31.5 Å². The highest BCUT2D eigenvalue weighted by atomic mass is 35.5. The number of para-hydroxylation sites is 1. The van der Waals surface area contributed by atoms with E-state index in [1.807, 2.05) is 0 Å². The second kappa shape index (κ2) is 10.1. The van der Waals surface area contributed by atoms with Crippen molar-refractivity contribution in [1.82, 2.24) is 5.43 Å². The third-order valence-corrected chi connectivity index (χ3v) is 6.61. The molecule has 3 rings (SSSR count). The van der Waals surface area contributed by atoms with Gasteiger partial charge in [-0.15, -0.1) is 0 Å². The predicted molar refractivity (Wildman–Crippen MR) is 121 cm³/mol. The lowest BCUT2D eigenvalue weighted by Crippen LogP contribution is -2.39. The summed E-state index contributed by atoms with van der Waals surface area (Å²) in [6.45, 7) is -0.881. The number of alkyl halides is 3. The van der Waals surface area contributed by atoms with Gasteiger partial charge >= 0.3 is 6.18 Å². The quantitative estimate of drug-likeness (QED) is 0.362. The fourth-order valence-electron chi connectivity index (χ4n) is 2.86. The molecule has 0 unspecified atom stereocenters. The first kappa shape index (κ1) is 25.1. The molecule has 0 fully saturated rings. The number of nitrogens with zero attached hydrogens (tertiary/aromatic N) is 2. The highest BCUT2D eigenvalue weighted by Gasteiger charge is 2.35. The summed E-state index contributed by atoms with van der Waals surface area (Å²) in [5.41, 5.74) is 0.717. The number of carbonyl (C=O) groups excluding carboxylic acids is 1. The number of anilines is 1. The Hall–Kier alpha value is -3.57. The minimum Gasteiger partial charge on any atom is -0.507 e. The summed E-state index contributed by atoms with van der Waals surface area (Å²) in [7, 11) is -4.44. The number of hydrogen-bond acceptors (Lipinski definition) is 5. The van der Waals surface area contributed by atoms with Crippen molar-refractivity contribution in [3.05, 3.63) is 88.9 Å². The molecule has 0 bridgehead atoms. The van der Waals surface area contributed by atoms with Crippen molar-refractivity contribution in [2.24, 2.45) is 5.10 Å². The molecule has 7 nitrogen and oxygen atoms in total. The molecule has 0 aliphatic heterocycles. The van der Waals surface area contributed by atoms with E-state index in [0.717, 1.165) is 18.3 Å². The van der Waals surface area contributed by atoms with E-state index in [0.29, 0.717) is 10.4 Å². The molecule has 3 aromatic rings. The van der Waals surface area contributed by atoms with Gasteiger partial charge in [0.2, 0.25) is 0 Å². The van der Waals surface area contributed by atoms with Crippen molar-refractivity contribution in [2.75, 3.05) is 10.8 Å². The van der Waals surface area contributed by atoms with Gasteiger partial charge in [0.05, 0.1) is 27.4 Å². The number of hydrogen-bond donors (Lipinski definition) is 2. The number of amides is 1. The van der Waals surface area contributed by atoms with Crippen LogP contribution in [0.2, 0.25) is 5.02 Å². The van der Waals surface area contributed by atoms with Gasteiger partial charge in [0.1, 0.15) is 12.3 Å². The minimum atomic E-state index is -4.85. The summed E-state index contributed by atoms with van der Waals surface area (Å²) >= 11 is 5.66. The molecule has 0 heterocycles. The van der Waals surface area contributed by atoms with Crippen LogP contribution >= 0.6 is 11.6 Å². The Bertz CT molecular complexity index is 1320. The molecular weight excluding hydrogens is 495 g/mol. The number of phenolic OH excluding ortho intramolecular Hbond substituents is 1. The number of rotatable bonds is 7. The van der Waals surface area contributed by atoms with Crippen LogP contribution in [0.15, 0.2) is 82.8 Å². The Morgan fingerprint density at radius 2 is 1.71 bits per heavy atom. The van der Waals surface area contributed by atoms with Crippen LogP contribution in [-0.2, 0) is 21.0 Å². The van der Waals surface area contributed by atoms with E-state index in [4.69, 9.17) is 11.6 Å². The first-order valence-electron chi connectivity index (χ1n) is 9.54. The maximum atomic E-state index is 13.4. The Balaban J connectivity index is 1.95. The molecule has 0 aromatic heterocycles. The first-order valence-corrected chi connectivity index (χ1v) is 11.4. The summed E-state index contributed by atoms with van der Waals surface area (Å²) < 4.78 is 67.0. The zero-order valence-corrected chi connectivity index (χ0v) is 18.8. The predicted octanol–water partition coefficient (Wildman–Crippen LogP) is 4.41. The molecule has 0 atom stereocenters. The molecule has 0 spiro atoms. The summed E-state index contributed by atoms with van der Waals surface area (Å²) in [6.07, 6.45) is -3.72. The number of benzene rings is 3. The summed E-state index contributed by atoms with van der Waals surface area (Å²) in [4.78, 5) is 12.3. The zero-order chi connectivity index (χ0) is 24.9. The maximum Gasteiger partial charge on any atom is 0.417 e. The van der Waals surface area contributed by atoms with E-state index in [1.165, 1.54) is 36.4 Å². The number of carbonyl (C=O) groups is 1. The van der Waals surface area contributed by atoms with E-state index in [-0.39, 0.29) is 16.2 Å². The van der Waals surface area contributed by atoms with Gasteiger partial charge in [-0.3, -0.25) is 9.10 Å². The van der Waals surface area contributed by atoms with E-state index in [2.05, 4.69) is 10.5 Å². The van der Waals surface area contributed by atoms with Gasteiger partial charge in [0, 0.05) is 5.56 Å². The van der Waals surface area contributed by atoms with Gasteiger partial charge in [0.25, 0.3) is 15.9 Å². The first-order chi connectivity index (χ1) is 16.0. The molecule has 34 heavy (non-hydrogen) atoms. The molecular formula is C22H17ClF3N3O4S. The van der Waals surface area contributed by atoms with Crippen molar-refractivity contribution in [2.45, 2.75) is 11.1 Å². The summed E-state index contributed by atoms with van der Waals surface area (Å²) in [6, 6.07) is 15.6. The van der Waals surface area contributed by atoms with Gasteiger partial charge in [-0.2, -0.15) is 18.3 Å². The van der Waals surface area contributed by atoms with E-state index < -0.39 is 44.9 Å². The average Bonchev–Trinajstić information content (AvgIpc) is 2.79. The topological polar surface area (TPSA) is 99.1 Å². The lowest BCUT2D eigenvalue weighted by atomic mass is 10.2. The summed E-state index contributed by atoms with van der Waals surface area (Å²) in [5, 5.41) is 12.8. The number of hydrazone groups is 1. The lowest BCUT2D eigenvalue weighted by molar-refractivity contribution is -0.137. The Morgan fingerprint density at radius 3 is 2.35 bits per heavy atom. The number of nitrogens with one attached hydrogen (secondary N) is 1. The third kappa shape index (κ3) is 5.86. The lowest BCUT2D eigenvalue weighted by Gasteiger charge is -2.24. The molecule has 12 heteroatoms. The maximum absolute atomic E-state index is 13.4. The van der Waals surface area contributed by atoms with Gasteiger partial charge in [-0.25, -0.2) is 13.8 Å². The smallest absolute Gasteiger partial charge is 0.417 e. The SMILES string of the molecule is O=C(CN(c1ccc(Cl)c(C(F)(F)F)c1)S(=O)(=O)c1ccccc1)N/N=C\c1ccccc1O. The fraction of sp³-hybridized carbons (Fsp3) is 0.0909. The van der Waals surface area contributed by atoms with E-state index in [9.17, 15) is 31.5 Å². The molecule has 3 aromatic carbocycles. The Labute approximate surface area is 198 Å². The van der Waals surface area contributed by atoms with Crippen LogP contribution in [0.25, 0.3) is 0 Å². The van der Waals surface area contributed by atoms with Crippen molar-refractivity contribution in [3.8, 4) is 5.75 Å². The van der Waals surface area contributed by atoms with E-state index >= 15 is 0 Å². The van der Waals surface area contributed by atoms with Crippen LogP contribution in [0.1, 0.15) is 11.1 Å². The van der Waals surface area contributed by atoms with Crippen molar-refractivity contribution >= 4 is 39.4 Å². The number of aromatic hydroxyl groups is 1. The normalized spacial score (nSPS) is 12.0. The monoisotopic (exact) mass is 511 g/mol. The molecule has 1 amide bonds. The number of halogens is 4. The number of phenols is 1. The molecule has 0 saturated heterocycles. The molecule has 178 valence electrons. The van der Waals surface area contributed by atoms with Crippen molar-refractivity contribution in [1.29, 1.82) is 0 Å². The molecule has 0 radical (unpaired) electrons. The largest absolute Gasteiger partial charge is 0.507 e. The fourth-order valence-corrected chi connectivity index (χ4v) is 4.52. The highest BCUT2D eigenvalue weighted by Crippen LogP contribution is 2.38. The molecule has 2 N–H and O–H groups in total. The van der Waals surface area contributed by atoms with Gasteiger partial charge in [0.15, 0.2) is 0 Å². The zero-order valence-electron chi connectivity index (χ0n) is 17.2. The second-order valence-electron chi connectivity index (χ2n) is 6.84. The highest BCUT2D eigenvalue weighted by molar-refractivity contribution is 7.92. The minimum absolute atomic E-state index is 0.102. The standard InChI is InChI=1S/C22H17ClF3N3O4S/c23-19-11-10-16(12-18(19)22(24,25)26)29(34(32,33)17-7-2-1-3-8-17)14-21(31)28-27-13-15-6-4-5-9-20(15)30/h1-13,30H,14H2,(H,28,31)/b27-13-. The van der Waals surface area contributed by atoms with Gasteiger partial charge < -0.3 is 5.11 Å². The van der Waals surface area contributed by atoms with Crippen LogP contribution in [0.3, 0.4) is 0 Å². The third-order valence-electron chi connectivity index (χ3n) is 4.49. The second-order valence-corrected chi connectivity index (χ2v) is 9.11. The van der Waals surface area contributed by atoms with E-state index in [1.54, 1.807) is 18.2 Å². The molecule has 0 aliphatic carbocycles. The van der Waals surface area contributed by atoms with Crippen molar-refractivity contribution in [3.63, 3.8) is 0 Å². The number of sulfonamides is 1. The Kier molecular flexibility index (Phi) is 7.48. The van der Waals surface area contributed by atoms with Gasteiger partial charge in [-0.1, -0.05) is 41.9 Å². The van der Waals surface area contributed by atoms with Crippen LogP contribution in [0, 0.1) is 0 Å². The van der Waals surface area contributed by atoms with Crippen LogP contribution in [0.5, 0.6) is 5.75 Å². The van der Waals surface area contributed by atoms with Crippen LogP contribution in [0.4, 0.5) is 18.9 Å². The average molecular weight is 512 g/mol. The Morgan fingerprint density at radius 1 is 1.06 bits per heavy atom. The van der Waals surface area contributed by atoms with Crippen LogP contribution in [-0.4, -0.2) is 32.2 Å². The molecule has 0 saturated carbocycles. The van der Waals surface area contributed by atoms with Gasteiger partial charge in [-0.05, 0) is 42.5 Å².